The minimum absolute atomic E-state index is 0.317. The van der Waals surface area contributed by atoms with Crippen LogP contribution in [-0.2, 0) is 4.74 Å². The van der Waals surface area contributed by atoms with Crippen molar-refractivity contribution in [1.82, 2.24) is 9.97 Å². The van der Waals surface area contributed by atoms with Gasteiger partial charge in [-0.2, -0.15) is 0 Å². The highest BCUT2D eigenvalue weighted by Crippen LogP contribution is 2.35. The van der Waals surface area contributed by atoms with E-state index in [0.717, 1.165) is 10.9 Å². The second kappa shape index (κ2) is 6.23. The largest absolute Gasteiger partial charge is 0.465 e. The Morgan fingerprint density at radius 3 is 2.69 bits per heavy atom. The molecule has 0 unspecified atom stereocenters. The monoisotopic (exact) mass is 389 g/mol. The van der Waals surface area contributed by atoms with Gasteiger partial charge in [0.25, 0.3) is 0 Å². The summed E-state index contributed by atoms with van der Waals surface area (Å²) in [6, 6.07) is 8.68. The number of anilines is 2. The normalized spacial score (nSPS) is 11.2. The molecule has 0 aliphatic carbocycles. The van der Waals surface area contributed by atoms with Crippen molar-refractivity contribution in [2.75, 3.05) is 12.4 Å². The first-order valence-corrected chi connectivity index (χ1v) is 8.45. The van der Waals surface area contributed by atoms with Gasteiger partial charge in [-0.25, -0.2) is 9.78 Å². The van der Waals surface area contributed by atoms with Gasteiger partial charge in [0.2, 0.25) is 5.95 Å². The van der Waals surface area contributed by atoms with Crippen molar-refractivity contribution in [1.29, 1.82) is 0 Å². The van der Waals surface area contributed by atoms with Crippen LogP contribution >= 0.6 is 23.2 Å². The van der Waals surface area contributed by atoms with E-state index in [1.165, 1.54) is 7.11 Å². The van der Waals surface area contributed by atoms with E-state index in [0.29, 0.717) is 44.1 Å². The fourth-order valence-electron chi connectivity index (χ4n) is 2.86. The first-order chi connectivity index (χ1) is 12.5. The Balaban J connectivity index is 1.90. The number of fused-ring (bicyclic) bond motifs is 3. The molecule has 0 saturated heterocycles. The minimum Gasteiger partial charge on any atom is -0.465 e. The maximum absolute atomic E-state index is 12.1. The SMILES string of the molecule is COC(=O)c1cc2nc(Nc3c(Cl)cccc3Cl)[nH]c2c2cc(C)oc12. The fourth-order valence-corrected chi connectivity index (χ4v) is 3.35. The lowest BCUT2D eigenvalue weighted by Gasteiger charge is -2.06. The predicted molar refractivity (Wildman–Crippen MR) is 102 cm³/mol. The summed E-state index contributed by atoms with van der Waals surface area (Å²) in [6.07, 6.45) is 0. The molecule has 2 aromatic carbocycles. The van der Waals surface area contributed by atoms with Gasteiger partial charge in [-0.15, -0.1) is 0 Å². The molecule has 6 nitrogen and oxygen atoms in total. The quantitative estimate of drug-likeness (QED) is 0.455. The number of rotatable bonds is 3. The van der Waals surface area contributed by atoms with Gasteiger partial charge < -0.3 is 19.5 Å². The maximum atomic E-state index is 12.1. The van der Waals surface area contributed by atoms with Crippen LogP contribution in [0.3, 0.4) is 0 Å². The van der Waals surface area contributed by atoms with Crippen LogP contribution in [-0.4, -0.2) is 23.0 Å². The van der Waals surface area contributed by atoms with E-state index in [-0.39, 0.29) is 0 Å². The van der Waals surface area contributed by atoms with E-state index in [4.69, 9.17) is 32.4 Å². The molecule has 0 fully saturated rings. The van der Waals surface area contributed by atoms with E-state index in [9.17, 15) is 4.79 Å². The van der Waals surface area contributed by atoms with Crippen molar-refractivity contribution in [3.8, 4) is 0 Å². The van der Waals surface area contributed by atoms with Gasteiger partial charge in [0.1, 0.15) is 11.3 Å². The molecule has 0 aliphatic heterocycles. The van der Waals surface area contributed by atoms with Crippen LogP contribution in [0, 0.1) is 6.92 Å². The van der Waals surface area contributed by atoms with E-state index >= 15 is 0 Å². The molecule has 0 aliphatic rings. The summed E-state index contributed by atoms with van der Waals surface area (Å²) in [5.41, 5.74) is 2.63. The van der Waals surface area contributed by atoms with Crippen LogP contribution in [0.15, 0.2) is 34.7 Å². The van der Waals surface area contributed by atoms with E-state index in [1.807, 2.05) is 13.0 Å². The Morgan fingerprint density at radius 2 is 2.00 bits per heavy atom. The molecule has 0 bridgehead atoms. The molecule has 132 valence electrons. The van der Waals surface area contributed by atoms with Gasteiger partial charge in [-0.3, -0.25) is 0 Å². The maximum Gasteiger partial charge on any atom is 0.341 e. The highest BCUT2D eigenvalue weighted by molar-refractivity contribution is 6.39. The first-order valence-electron chi connectivity index (χ1n) is 7.70. The molecule has 4 aromatic rings. The third kappa shape index (κ3) is 2.67. The molecule has 0 atom stereocenters. The highest BCUT2D eigenvalue weighted by atomic mass is 35.5. The number of hydrogen-bond donors (Lipinski definition) is 2. The number of carbonyl (C=O) groups excluding carboxylic acids is 1. The predicted octanol–water partition coefficient (Wildman–Crippen LogP) is 5.45. The van der Waals surface area contributed by atoms with E-state index in [2.05, 4.69) is 15.3 Å². The summed E-state index contributed by atoms with van der Waals surface area (Å²) in [7, 11) is 1.32. The molecule has 0 radical (unpaired) electrons. The Morgan fingerprint density at radius 1 is 1.27 bits per heavy atom. The molecule has 0 spiro atoms. The van der Waals surface area contributed by atoms with Gasteiger partial charge in [0.05, 0.1) is 33.9 Å². The number of halogens is 2. The molecule has 2 N–H and O–H groups in total. The van der Waals surface area contributed by atoms with Crippen LogP contribution in [0.2, 0.25) is 10.0 Å². The van der Waals surface area contributed by atoms with Gasteiger partial charge in [-0.1, -0.05) is 29.3 Å². The van der Waals surface area contributed by atoms with Crippen molar-refractivity contribution in [3.05, 3.63) is 51.7 Å². The van der Waals surface area contributed by atoms with Crippen LogP contribution in [0.1, 0.15) is 16.1 Å². The van der Waals surface area contributed by atoms with Crippen molar-refractivity contribution in [3.63, 3.8) is 0 Å². The number of methoxy groups -OCH3 is 1. The third-order valence-electron chi connectivity index (χ3n) is 3.99. The summed E-state index contributed by atoms with van der Waals surface area (Å²) in [5, 5.41) is 4.77. The van der Waals surface area contributed by atoms with Crippen molar-refractivity contribution < 1.29 is 13.9 Å². The van der Waals surface area contributed by atoms with Crippen LogP contribution < -0.4 is 5.32 Å². The second-order valence-corrected chi connectivity index (χ2v) is 6.53. The summed E-state index contributed by atoms with van der Waals surface area (Å²) in [5.74, 6) is 0.631. The molecule has 2 heterocycles. The average molecular weight is 390 g/mol. The summed E-state index contributed by atoms with van der Waals surface area (Å²) in [4.78, 5) is 19.8. The smallest absolute Gasteiger partial charge is 0.341 e. The molecule has 0 saturated carbocycles. The van der Waals surface area contributed by atoms with E-state index < -0.39 is 5.97 Å². The molecule has 26 heavy (non-hydrogen) atoms. The lowest BCUT2D eigenvalue weighted by atomic mass is 10.1. The zero-order valence-electron chi connectivity index (χ0n) is 13.8. The number of carbonyl (C=O) groups is 1. The number of nitrogens with zero attached hydrogens (tertiary/aromatic N) is 1. The number of furan rings is 1. The Kier molecular flexibility index (Phi) is 4.01. The average Bonchev–Trinajstić information content (AvgIpc) is 3.19. The Bertz CT molecular complexity index is 1140. The first kappa shape index (κ1) is 16.8. The number of imidazole rings is 1. The lowest BCUT2D eigenvalue weighted by Crippen LogP contribution is -2.01. The zero-order valence-corrected chi connectivity index (χ0v) is 15.3. The van der Waals surface area contributed by atoms with Gasteiger partial charge >= 0.3 is 5.97 Å². The number of aromatic amines is 1. The number of nitrogens with one attached hydrogen (secondary N) is 2. The molecule has 8 heteroatoms. The Labute approximate surface area is 158 Å². The number of para-hydroxylation sites is 1. The lowest BCUT2D eigenvalue weighted by molar-refractivity contribution is 0.0602. The topological polar surface area (TPSA) is 80.1 Å². The van der Waals surface area contributed by atoms with Crippen molar-refractivity contribution in [2.24, 2.45) is 0 Å². The number of aromatic nitrogens is 2. The molecular weight excluding hydrogens is 377 g/mol. The van der Waals surface area contributed by atoms with Gasteiger partial charge in [0.15, 0.2) is 5.58 Å². The zero-order chi connectivity index (χ0) is 18.4. The highest BCUT2D eigenvalue weighted by Gasteiger charge is 2.20. The van der Waals surface area contributed by atoms with E-state index in [1.54, 1.807) is 24.3 Å². The third-order valence-corrected chi connectivity index (χ3v) is 4.62. The molecule has 0 amide bonds. The molecular formula is C18H13Cl2N3O3. The van der Waals surface area contributed by atoms with Crippen LogP contribution in [0.25, 0.3) is 22.0 Å². The number of esters is 1. The number of ether oxygens (including phenoxy) is 1. The molecule has 4 rings (SSSR count). The fraction of sp³-hybridized carbons (Fsp3) is 0.111. The summed E-state index contributed by atoms with van der Waals surface area (Å²) >= 11 is 12.4. The minimum atomic E-state index is -0.488. The van der Waals surface area contributed by atoms with Crippen molar-refractivity contribution in [2.45, 2.75) is 6.92 Å². The number of hydrogen-bond acceptors (Lipinski definition) is 5. The number of benzene rings is 2. The van der Waals surface area contributed by atoms with Crippen molar-refractivity contribution >= 4 is 62.8 Å². The summed E-state index contributed by atoms with van der Waals surface area (Å²) in [6.45, 7) is 1.81. The van der Waals surface area contributed by atoms with Gasteiger partial charge in [0, 0.05) is 5.39 Å². The van der Waals surface area contributed by atoms with Crippen LogP contribution in [0.4, 0.5) is 11.6 Å². The molecule has 2 aromatic heterocycles. The van der Waals surface area contributed by atoms with Gasteiger partial charge in [-0.05, 0) is 31.2 Å². The summed E-state index contributed by atoms with van der Waals surface area (Å²) < 4.78 is 10.5. The Hall–Kier alpha value is -2.70. The van der Waals surface area contributed by atoms with Crippen LogP contribution in [0.5, 0.6) is 0 Å². The standard InChI is InChI=1S/C18H13Cl2N3O3/c1-8-6-9-14-13(7-10(16(9)26-8)17(24)25-2)21-18(22-14)23-15-11(19)4-3-5-12(15)20/h3-7H,1-2H3,(H2,21,22,23). The number of H-pyrrole nitrogens is 1. The number of aryl methyl sites for hydroxylation is 1. The second-order valence-electron chi connectivity index (χ2n) is 5.72.